The molecule has 0 bridgehead atoms. The molecule has 35 heavy (non-hydrogen) atoms. The van der Waals surface area contributed by atoms with E-state index < -0.39 is 0 Å². The first-order valence-corrected chi connectivity index (χ1v) is 12.4. The molecule has 1 amide bonds. The molecular formula is C25H22N6O3S. The lowest BCUT2D eigenvalue weighted by Crippen LogP contribution is -2.32. The first kappa shape index (κ1) is 21.6. The molecule has 10 heteroatoms. The van der Waals surface area contributed by atoms with Gasteiger partial charge in [-0.05, 0) is 77.7 Å². The fraction of sp³-hybridized carbons (Fsp3) is 0.240. The van der Waals surface area contributed by atoms with E-state index in [0.717, 1.165) is 47.8 Å². The third kappa shape index (κ3) is 4.21. The predicted octanol–water partition coefficient (Wildman–Crippen LogP) is 4.76. The van der Waals surface area contributed by atoms with Crippen molar-refractivity contribution in [3.05, 3.63) is 84.2 Å². The number of carbonyl (C=O) groups excluding carboxylic acids is 1. The summed E-state index contributed by atoms with van der Waals surface area (Å²) < 4.78 is 12.9. The molecule has 2 aliphatic rings. The van der Waals surface area contributed by atoms with Crippen molar-refractivity contribution >= 4 is 29.5 Å². The number of fused-ring (bicyclic) bond motifs is 1. The lowest BCUT2D eigenvalue weighted by atomic mass is 9.79. The summed E-state index contributed by atoms with van der Waals surface area (Å²) in [6.45, 7) is 0. The Morgan fingerprint density at radius 2 is 1.94 bits per heavy atom. The van der Waals surface area contributed by atoms with E-state index in [0.29, 0.717) is 5.16 Å². The zero-order valence-corrected chi connectivity index (χ0v) is 19.5. The molecule has 176 valence electrons. The zero-order chi connectivity index (χ0) is 23.6. The molecule has 4 heterocycles. The number of hydrogen-bond donors (Lipinski definition) is 0. The van der Waals surface area contributed by atoms with Crippen molar-refractivity contribution in [2.45, 2.75) is 30.5 Å². The Balaban J connectivity index is 1.27. The van der Waals surface area contributed by atoms with Crippen LogP contribution in [0.25, 0.3) is 11.8 Å². The van der Waals surface area contributed by atoms with Crippen molar-refractivity contribution in [3.63, 3.8) is 0 Å². The van der Waals surface area contributed by atoms with E-state index in [4.69, 9.17) is 13.9 Å². The van der Waals surface area contributed by atoms with Gasteiger partial charge in [-0.2, -0.15) is 9.78 Å². The fourth-order valence-corrected chi connectivity index (χ4v) is 5.43. The van der Waals surface area contributed by atoms with Crippen molar-refractivity contribution in [2.24, 2.45) is 11.0 Å². The Morgan fingerprint density at radius 3 is 2.74 bits per heavy atom. The molecule has 1 aliphatic carbocycles. The third-order valence-corrected chi connectivity index (χ3v) is 7.12. The van der Waals surface area contributed by atoms with Gasteiger partial charge in [-0.3, -0.25) is 4.79 Å². The van der Waals surface area contributed by atoms with Crippen LogP contribution in [0.2, 0.25) is 0 Å². The number of hydrogen-bond acceptors (Lipinski definition) is 8. The largest absolute Gasteiger partial charge is 0.467 e. The van der Waals surface area contributed by atoms with Crippen LogP contribution in [0.15, 0.2) is 91.8 Å². The van der Waals surface area contributed by atoms with Crippen LogP contribution in [-0.4, -0.2) is 42.6 Å². The molecular weight excluding hydrogens is 464 g/mol. The highest BCUT2D eigenvalue weighted by Crippen LogP contribution is 2.44. The maximum atomic E-state index is 13.5. The van der Waals surface area contributed by atoms with Crippen LogP contribution < -0.4 is 0 Å². The number of tetrazole rings is 1. The van der Waals surface area contributed by atoms with Gasteiger partial charge in [0.15, 0.2) is 0 Å². The molecule has 0 saturated heterocycles. The average Bonchev–Trinajstić information content (AvgIpc) is 3.69. The van der Waals surface area contributed by atoms with E-state index in [1.165, 1.54) is 11.8 Å². The summed E-state index contributed by atoms with van der Waals surface area (Å²) >= 11 is 1.29. The second-order valence-corrected chi connectivity index (χ2v) is 9.31. The number of furan rings is 2. The quantitative estimate of drug-likeness (QED) is 0.362. The minimum Gasteiger partial charge on any atom is -0.467 e. The Morgan fingerprint density at radius 1 is 1.09 bits per heavy atom. The van der Waals surface area contributed by atoms with Crippen molar-refractivity contribution in [2.75, 3.05) is 5.75 Å². The van der Waals surface area contributed by atoms with E-state index in [1.807, 2.05) is 60.7 Å². The molecule has 0 spiro atoms. The predicted molar refractivity (Wildman–Crippen MR) is 130 cm³/mol. The Hall–Kier alpha value is -3.92. The lowest BCUT2D eigenvalue weighted by molar-refractivity contribution is -0.131. The number of nitrogens with zero attached hydrogens (tertiary/aromatic N) is 6. The molecule has 9 nitrogen and oxygen atoms in total. The van der Waals surface area contributed by atoms with E-state index in [2.05, 4.69) is 15.5 Å². The highest BCUT2D eigenvalue weighted by Gasteiger charge is 2.45. The summed E-state index contributed by atoms with van der Waals surface area (Å²) in [5, 5.41) is 19.0. The number of hydrazone groups is 1. The van der Waals surface area contributed by atoms with E-state index in [-0.39, 0.29) is 23.6 Å². The number of carbonyl (C=O) groups is 1. The SMILES string of the molecule is O=C(CSc1nnnn1-c1ccccc1)N1N=C2C(=Cc3ccco3)CCCC2C1c1ccco1. The Bertz CT molecular complexity index is 1360. The van der Waals surface area contributed by atoms with Gasteiger partial charge in [0.05, 0.1) is 29.7 Å². The van der Waals surface area contributed by atoms with Gasteiger partial charge in [0.1, 0.15) is 17.6 Å². The lowest BCUT2D eigenvalue weighted by Gasteiger charge is -2.27. The normalized spacial score (nSPS) is 20.7. The second-order valence-electron chi connectivity index (χ2n) is 8.37. The maximum Gasteiger partial charge on any atom is 0.253 e. The monoisotopic (exact) mass is 486 g/mol. The first-order valence-electron chi connectivity index (χ1n) is 11.4. The standard InChI is InChI=1S/C25H22N6O3S/c32-22(16-35-25-26-28-29-30(25)18-8-2-1-3-9-18)31-24(21-12-6-14-34-21)20-11-4-7-17(23(20)27-31)15-19-10-5-13-33-19/h1-3,5-6,8-10,12-15,20,24H,4,7,11,16H2. The summed E-state index contributed by atoms with van der Waals surface area (Å²) in [5.74, 6) is 1.61. The van der Waals surface area contributed by atoms with Crippen molar-refractivity contribution in [1.29, 1.82) is 0 Å². The van der Waals surface area contributed by atoms with Gasteiger partial charge in [-0.1, -0.05) is 30.0 Å². The van der Waals surface area contributed by atoms with Crippen LogP contribution in [0.5, 0.6) is 0 Å². The number of benzene rings is 1. The number of allylic oxidation sites excluding steroid dienone is 1. The summed E-state index contributed by atoms with van der Waals surface area (Å²) in [4.78, 5) is 13.5. The molecule has 2 unspecified atom stereocenters. The van der Waals surface area contributed by atoms with E-state index in [9.17, 15) is 4.79 Å². The van der Waals surface area contributed by atoms with Gasteiger partial charge >= 0.3 is 0 Å². The minimum absolute atomic E-state index is 0.0692. The molecule has 4 aromatic rings. The van der Waals surface area contributed by atoms with E-state index >= 15 is 0 Å². The van der Waals surface area contributed by atoms with Crippen LogP contribution in [0.4, 0.5) is 0 Å². The smallest absolute Gasteiger partial charge is 0.253 e. The maximum absolute atomic E-state index is 13.5. The first-order chi connectivity index (χ1) is 17.3. The summed E-state index contributed by atoms with van der Waals surface area (Å²) in [6, 6.07) is 16.9. The van der Waals surface area contributed by atoms with Crippen LogP contribution in [0.1, 0.15) is 36.8 Å². The highest BCUT2D eigenvalue weighted by atomic mass is 32.2. The molecule has 0 N–H and O–H groups in total. The van der Waals surface area contributed by atoms with Gasteiger partial charge in [-0.25, -0.2) is 5.01 Å². The number of aromatic nitrogens is 4. The minimum atomic E-state index is -0.279. The summed E-state index contributed by atoms with van der Waals surface area (Å²) in [5.41, 5.74) is 2.87. The number of amides is 1. The fourth-order valence-electron chi connectivity index (χ4n) is 4.68. The molecule has 0 radical (unpaired) electrons. The van der Waals surface area contributed by atoms with Gasteiger partial charge in [-0.15, -0.1) is 5.10 Å². The molecule has 3 aromatic heterocycles. The number of rotatable bonds is 6. The van der Waals surface area contributed by atoms with Crippen molar-refractivity contribution < 1.29 is 13.6 Å². The molecule has 1 fully saturated rings. The zero-order valence-electron chi connectivity index (χ0n) is 18.7. The molecule has 1 aromatic carbocycles. The highest BCUT2D eigenvalue weighted by molar-refractivity contribution is 7.99. The van der Waals surface area contributed by atoms with E-state index in [1.54, 1.807) is 22.2 Å². The van der Waals surface area contributed by atoms with Crippen LogP contribution >= 0.6 is 11.8 Å². The summed E-state index contributed by atoms with van der Waals surface area (Å²) in [7, 11) is 0. The third-order valence-electron chi connectivity index (χ3n) is 6.22. The molecule has 6 rings (SSSR count). The van der Waals surface area contributed by atoms with Crippen LogP contribution in [0, 0.1) is 5.92 Å². The number of thioether (sulfide) groups is 1. The van der Waals surface area contributed by atoms with Gasteiger partial charge < -0.3 is 8.83 Å². The molecule has 1 aliphatic heterocycles. The molecule has 2 atom stereocenters. The summed E-state index contributed by atoms with van der Waals surface area (Å²) in [6.07, 6.45) is 8.16. The van der Waals surface area contributed by atoms with Gasteiger partial charge in [0.25, 0.3) is 5.91 Å². The van der Waals surface area contributed by atoms with Crippen molar-refractivity contribution in [1.82, 2.24) is 25.2 Å². The van der Waals surface area contributed by atoms with Gasteiger partial charge in [0, 0.05) is 5.92 Å². The number of para-hydroxylation sites is 1. The Labute approximate surface area is 205 Å². The topological polar surface area (TPSA) is 103 Å². The van der Waals surface area contributed by atoms with Crippen LogP contribution in [-0.2, 0) is 4.79 Å². The van der Waals surface area contributed by atoms with Crippen LogP contribution in [0.3, 0.4) is 0 Å². The van der Waals surface area contributed by atoms with Gasteiger partial charge in [0.2, 0.25) is 5.16 Å². The second kappa shape index (κ2) is 9.38. The molecule has 1 saturated carbocycles. The average molecular weight is 487 g/mol. The van der Waals surface area contributed by atoms with Crippen molar-refractivity contribution in [3.8, 4) is 5.69 Å². The Kier molecular flexibility index (Phi) is 5.79.